The van der Waals surface area contributed by atoms with Gasteiger partial charge in [-0.25, -0.2) is 0 Å². The van der Waals surface area contributed by atoms with E-state index in [1.807, 2.05) is 72.9 Å². The smallest absolute Gasteiger partial charge is 0.293 e. The summed E-state index contributed by atoms with van der Waals surface area (Å²) in [5.74, 6) is 0.569. The Morgan fingerprint density at radius 3 is 2.53 bits per heavy atom. The van der Waals surface area contributed by atoms with Crippen molar-refractivity contribution in [3.8, 4) is 5.75 Å². The minimum absolute atomic E-state index is 0.157. The monoisotopic (exact) mass is 516 g/mol. The molecule has 0 spiro atoms. The van der Waals surface area contributed by atoms with Gasteiger partial charge in [0.05, 0.1) is 18.1 Å². The van der Waals surface area contributed by atoms with Gasteiger partial charge in [0.25, 0.3) is 11.1 Å². The summed E-state index contributed by atoms with van der Waals surface area (Å²) in [4.78, 5) is 27.4. The molecule has 7 heteroatoms. The van der Waals surface area contributed by atoms with E-state index in [1.54, 1.807) is 6.07 Å². The second kappa shape index (κ2) is 10.6. The van der Waals surface area contributed by atoms with Crippen molar-refractivity contribution in [2.24, 2.45) is 0 Å². The molecular formula is C29H25ClN2O3S. The average molecular weight is 517 g/mol. The van der Waals surface area contributed by atoms with E-state index in [-0.39, 0.29) is 17.7 Å². The molecule has 0 bridgehead atoms. The van der Waals surface area contributed by atoms with Crippen LogP contribution in [0.15, 0.2) is 83.9 Å². The highest BCUT2D eigenvalue weighted by atomic mass is 35.5. The summed E-state index contributed by atoms with van der Waals surface area (Å²) in [5.41, 5.74) is 3.94. The van der Waals surface area contributed by atoms with Crippen LogP contribution in [0.2, 0.25) is 5.02 Å². The molecule has 0 aliphatic carbocycles. The molecule has 1 aromatic heterocycles. The zero-order chi connectivity index (χ0) is 25.1. The number of ether oxygens (including phenoxy) is 1. The van der Waals surface area contributed by atoms with Gasteiger partial charge in [0.2, 0.25) is 0 Å². The molecule has 0 saturated carbocycles. The zero-order valence-corrected chi connectivity index (χ0v) is 21.4. The van der Waals surface area contributed by atoms with E-state index in [4.69, 9.17) is 16.3 Å². The number of imide groups is 1. The minimum Gasteiger partial charge on any atom is -0.494 e. The Labute approximate surface area is 219 Å². The molecule has 1 aliphatic heterocycles. The predicted molar refractivity (Wildman–Crippen MR) is 146 cm³/mol. The molecule has 5 nitrogen and oxygen atoms in total. The van der Waals surface area contributed by atoms with Gasteiger partial charge in [0, 0.05) is 34.2 Å². The summed E-state index contributed by atoms with van der Waals surface area (Å²) in [6.07, 6.45) is 4.69. The van der Waals surface area contributed by atoms with E-state index < -0.39 is 0 Å². The van der Waals surface area contributed by atoms with Crippen LogP contribution in [-0.2, 0) is 17.9 Å². The largest absolute Gasteiger partial charge is 0.494 e. The third-order valence-electron chi connectivity index (χ3n) is 6.10. The first-order valence-electron chi connectivity index (χ1n) is 11.8. The first-order chi connectivity index (χ1) is 17.5. The van der Waals surface area contributed by atoms with Gasteiger partial charge in [-0.3, -0.25) is 14.5 Å². The first kappa shape index (κ1) is 24.2. The third kappa shape index (κ3) is 5.20. The molecule has 2 heterocycles. The van der Waals surface area contributed by atoms with Crippen LogP contribution in [0.1, 0.15) is 23.1 Å². The number of halogens is 1. The fraction of sp³-hybridized carbons (Fsp3) is 0.172. The molecule has 36 heavy (non-hydrogen) atoms. The number of amides is 2. The highest BCUT2D eigenvalue weighted by Gasteiger charge is 2.35. The summed E-state index contributed by atoms with van der Waals surface area (Å²) in [7, 11) is 0. The normalized spacial score (nSPS) is 14.8. The van der Waals surface area contributed by atoms with Crippen molar-refractivity contribution >= 4 is 51.5 Å². The van der Waals surface area contributed by atoms with Gasteiger partial charge in [-0.1, -0.05) is 65.7 Å². The zero-order valence-electron chi connectivity index (χ0n) is 19.8. The molecule has 0 atom stereocenters. The van der Waals surface area contributed by atoms with Crippen LogP contribution in [-0.4, -0.2) is 27.2 Å². The van der Waals surface area contributed by atoms with Crippen molar-refractivity contribution in [2.45, 2.75) is 26.4 Å². The number of hydrogen-bond donors (Lipinski definition) is 0. The summed E-state index contributed by atoms with van der Waals surface area (Å²) < 4.78 is 8.05. The molecule has 1 fully saturated rings. The molecule has 0 N–H and O–H groups in total. The number of carbonyl (C=O) groups excluding carboxylic acids is 2. The lowest BCUT2D eigenvalue weighted by molar-refractivity contribution is -0.123. The SMILES string of the molecule is Cc1ccc(OCCCn2cc(/C=C3\SC(=O)N(Cc4ccccc4Cl)C3=O)c3ccccc32)cc1. The molecule has 1 saturated heterocycles. The Hall–Kier alpha value is -3.48. The molecule has 2 amide bonds. The standard InChI is InChI=1S/C29H25ClN2O3S/c1-20-11-13-23(14-12-20)35-16-6-15-31-18-22(24-8-3-5-10-26(24)31)17-27-28(33)32(29(34)36-27)19-21-7-2-4-9-25(21)30/h2-5,7-14,17-18H,6,15-16,19H2,1H3/b27-17-. The molecule has 182 valence electrons. The van der Waals surface area contributed by atoms with Crippen molar-refractivity contribution in [1.29, 1.82) is 0 Å². The van der Waals surface area contributed by atoms with Crippen LogP contribution in [0.4, 0.5) is 4.79 Å². The molecule has 4 aromatic rings. The lowest BCUT2D eigenvalue weighted by Gasteiger charge is -2.13. The van der Waals surface area contributed by atoms with Crippen molar-refractivity contribution in [1.82, 2.24) is 9.47 Å². The number of para-hydroxylation sites is 1. The number of hydrogen-bond acceptors (Lipinski definition) is 4. The van der Waals surface area contributed by atoms with E-state index >= 15 is 0 Å². The lowest BCUT2D eigenvalue weighted by Crippen LogP contribution is -2.27. The van der Waals surface area contributed by atoms with Gasteiger partial charge >= 0.3 is 0 Å². The number of benzene rings is 3. The third-order valence-corrected chi connectivity index (χ3v) is 7.38. The van der Waals surface area contributed by atoms with Gasteiger partial charge in [-0.2, -0.15) is 0 Å². The topological polar surface area (TPSA) is 51.5 Å². The summed E-state index contributed by atoms with van der Waals surface area (Å²) in [6, 6.07) is 23.4. The second-order valence-electron chi connectivity index (χ2n) is 8.67. The number of aryl methyl sites for hydroxylation is 2. The predicted octanol–water partition coefficient (Wildman–Crippen LogP) is 7.31. The van der Waals surface area contributed by atoms with Crippen LogP contribution in [0.5, 0.6) is 5.75 Å². The van der Waals surface area contributed by atoms with Crippen molar-refractivity contribution < 1.29 is 14.3 Å². The summed E-state index contributed by atoms with van der Waals surface area (Å²) >= 11 is 7.21. The molecule has 0 unspecified atom stereocenters. The van der Waals surface area contributed by atoms with E-state index in [9.17, 15) is 9.59 Å². The number of nitrogens with zero attached hydrogens (tertiary/aromatic N) is 2. The lowest BCUT2D eigenvalue weighted by atomic mass is 10.1. The van der Waals surface area contributed by atoms with E-state index in [0.29, 0.717) is 16.5 Å². The van der Waals surface area contributed by atoms with Gasteiger partial charge < -0.3 is 9.30 Å². The quantitative estimate of drug-likeness (QED) is 0.182. The fourth-order valence-corrected chi connectivity index (χ4v) is 5.23. The van der Waals surface area contributed by atoms with Crippen molar-refractivity contribution in [3.05, 3.63) is 106 Å². The highest BCUT2D eigenvalue weighted by molar-refractivity contribution is 8.18. The Morgan fingerprint density at radius 2 is 1.72 bits per heavy atom. The molecule has 1 aliphatic rings. The van der Waals surface area contributed by atoms with Crippen molar-refractivity contribution in [3.63, 3.8) is 0 Å². The second-order valence-corrected chi connectivity index (χ2v) is 10.1. The maximum Gasteiger partial charge on any atom is 0.293 e. The maximum absolute atomic E-state index is 13.1. The van der Waals surface area contributed by atoms with E-state index in [1.165, 1.54) is 10.5 Å². The first-order valence-corrected chi connectivity index (χ1v) is 12.9. The number of thioether (sulfide) groups is 1. The Bertz CT molecular complexity index is 1460. The highest BCUT2D eigenvalue weighted by Crippen LogP contribution is 2.35. The summed E-state index contributed by atoms with van der Waals surface area (Å²) in [6.45, 7) is 3.59. The van der Waals surface area contributed by atoms with Crippen LogP contribution in [0, 0.1) is 6.92 Å². The van der Waals surface area contributed by atoms with E-state index in [2.05, 4.69) is 17.6 Å². The van der Waals surface area contributed by atoms with Crippen LogP contribution in [0.25, 0.3) is 17.0 Å². The van der Waals surface area contributed by atoms with E-state index in [0.717, 1.165) is 52.5 Å². The van der Waals surface area contributed by atoms with Crippen molar-refractivity contribution in [2.75, 3.05) is 6.61 Å². The fourth-order valence-electron chi connectivity index (χ4n) is 4.21. The van der Waals surface area contributed by atoms with Gasteiger partial charge in [0.1, 0.15) is 5.75 Å². The van der Waals surface area contributed by atoms with Gasteiger partial charge in [-0.05, 0) is 61.0 Å². The maximum atomic E-state index is 13.1. The van der Waals surface area contributed by atoms with Gasteiger partial charge in [-0.15, -0.1) is 0 Å². The Kier molecular flexibility index (Phi) is 7.16. The average Bonchev–Trinajstić information content (AvgIpc) is 3.36. The number of aromatic nitrogens is 1. The molecular weight excluding hydrogens is 492 g/mol. The van der Waals surface area contributed by atoms with Crippen LogP contribution in [0.3, 0.4) is 0 Å². The minimum atomic E-state index is -0.298. The molecule has 3 aromatic carbocycles. The number of fused-ring (bicyclic) bond motifs is 1. The van der Waals surface area contributed by atoms with Crippen LogP contribution < -0.4 is 4.74 Å². The molecule has 0 radical (unpaired) electrons. The summed E-state index contributed by atoms with van der Waals surface area (Å²) in [5, 5.41) is 1.29. The molecule has 5 rings (SSSR count). The van der Waals surface area contributed by atoms with Crippen LogP contribution >= 0.6 is 23.4 Å². The Morgan fingerprint density at radius 1 is 0.972 bits per heavy atom. The Balaban J connectivity index is 1.31. The number of rotatable bonds is 8. The van der Waals surface area contributed by atoms with Gasteiger partial charge in [0.15, 0.2) is 0 Å². The number of carbonyl (C=O) groups is 2.